The van der Waals surface area contributed by atoms with Gasteiger partial charge in [0.2, 0.25) is 0 Å². The van der Waals surface area contributed by atoms with Crippen LogP contribution in [0.3, 0.4) is 0 Å². The van der Waals surface area contributed by atoms with E-state index in [1.165, 1.54) is 25.7 Å². The zero-order valence-electron chi connectivity index (χ0n) is 9.89. The van der Waals surface area contributed by atoms with E-state index in [9.17, 15) is 0 Å². The maximum Gasteiger partial charge on any atom is 1.00 e. The summed E-state index contributed by atoms with van der Waals surface area (Å²) in [4.78, 5) is 25.6. The van der Waals surface area contributed by atoms with E-state index in [0.717, 1.165) is 0 Å². The first-order chi connectivity index (χ1) is 5.43. The standard InChI is InChI=1S/C6H12O.3K.H3O4P/c1-7-6-4-2-3-5-6;;;;1-5(2,3)4/h6H,2-5H2,1H3;;;;(H3,1,2,3,4)/q;3*+1;/p-3. The van der Waals surface area contributed by atoms with E-state index in [0.29, 0.717) is 6.10 Å². The Morgan fingerprint density at radius 1 is 1.07 bits per heavy atom. The molecule has 1 aliphatic rings. The van der Waals surface area contributed by atoms with E-state index < -0.39 is 7.82 Å². The Balaban J connectivity index is -0.0000000701. The minimum atomic E-state index is -5.39. The quantitative estimate of drug-likeness (QED) is 0.354. The van der Waals surface area contributed by atoms with Crippen LogP contribution in [0.4, 0.5) is 0 Å². The van der Waals surface area contributed by atoms with Crippen LogP contribution in [0.1, 0.15) is 25.7 Å². The first-order valence-corrected chi connectivity index (χ1v) is 5.15. The molecule has 0 unspecified atom stereocenters. The largest absolute Gasteiger partial charge is 1.00 e. The summed E-state index contributed by atoms with van der Waals surface area (Å²) in [6.45, 7) is 0. The van der Waals surface area contributed by atoms with Gasteiger partial charge in [0.15, 0.2) is 0 Å². The third kappa shape index (κ3) is 28.0. The molecule has 0 saturated heterocycles. The molecule has 9 heteroatoms. The van der Waals surface area contributed by atoms with Crippen LogP contribution in [0.5, 0.6) is 0 Å². The van der Waals surface area contributed by atoms with E-state index in [4.69, 9.17) is 24.0 Å². The van der Waals surface area contributed by atoms with Gasteiger partial charge in [-0.1, -0.05) is 12.8 Å². The second-order valence-electron chi connectivity index (χ2n) is 2.59. The summed E-state index contributed by atoms with van der Waals surface area (Å²) < 4.78 is 13.7. The molecule has 0 heterocycles. The smallest absolute Gasteiger partial charge is 0.822 e. The minimum Gasteiger partial charge on any atom is -0.822 e. The van der Waals surface area contributed by atoms with Gasteiger partial charge in [0.25, 0.3) is 0 Å². The van der Waals surface area contributed by atoms with Crippen LogP contribution in [-0.4, -0.2) is 13.2 Å². The van der Waals surface area contributed by atoms with Crippen molar-refractivity contribution < 1.29 is 178 Å². The zero-order valence-corrected chi connectivity index (χ0v) is 20.2. The monoisotopic (exact) mass is 312 g/mol. The number of rotatable bonds is 1. The maximum atomic E-state index is 8.55. The van der Waals surface area contributed by atoms with E-state index in [2.05, 4.69) is 0 Å². The zero-order chi connectivity index (χ0) is 9.61. The Labute approximate surface area is 218 Å². The average molecular weight is 312 g/mol. The Morgan fingerprint density at radius 2 is 1.33 bits per heavy atom. The van der Waals surface area contributed by atoms with Crippen molar-refractivity contribution in [3.05, 3.63) is 0 Å². The molecule has 0 bridgehead atoms. The van der Waals surface area contributed by atoms with Crippen molar-refractivity contribution in [2.45, 2.75) is 31.8 Å². The molecule has 0 aromatic carbocycles. The number of ether oxygens (including phenoxy) is 1. The van der Waals surface area contributed by atoms with Crippen LogP contribution < -0.4 is 169 Å². The maximum absolute atomic E-state index is 8.55. The van der Waals surface area contributed by atoms with Gasteiger partial charge in [0, 0.05) is 7.11 Å². The number of phosphoric acid groups is 1. The van der Waals surface area contributed by atoms with Gasteiger partial charge in [-0.2, -0.15) is 7.82 Å². The molecule has 1 rings (SSSR count). The fourth-order valence-electron chi connectivity index (χ4n) is 1.12. The van der Waals surface area contributed by atoms with Gasteiger partial charge in [-0.05, 0) is 12.8 Å². The van der Waals surface area contributed by atoms with E-state index >= 15 is 0 Å². The molecule has 0 radical (unpaired) electrons. The van der Waals surface area contributed by atoms with Crippen molar-refractivity contribution in [2.75, 3.05) is 7.11 Å². The second kappa shape index (κ2) is 17.0. The van der Waals surface area contributed by atoms with Gasteiger partial charge < -0.3 is 24.0 Å². The third-order valence-corrected chi connectivity index (χ3v) is 1.64. The number of methoxy groups -OCH3 is 1. The molecule has 0 aromatic rings. The molecule has 15 heavy (non-hydrogen) atoms. The molecule has 0 atom stereocenters. The third-order valence-electron chi connectivity index (χ3n) is 1.64. The van der Waals surface area contributed by atoms with Crippen LogP contribution >= 0.6 is 7.82 Å². The Bertz CT molecular complexity index is 151. The Morgan fingerprint density at radius 3 is 1.47 bits per heavy atom. The van der Waals surface area contributed by atoms with Gasteiger partial charge in [0.05, 0.1) is 6.10 Å². The summed E-state index contributed by atoms with van der Waals surface area (Å²) in [7, 11) is -3.59. The van der Waals surface area contributed by atoms with Crippen molar-refractivity contribution in [3.63, 3.8) is 0 Å². The molecule has 0 aromatic heterocycles. The summed E-state index contributed by atoms with van der Waals surface area (Å²) in [6.07, 6.45) is 5.92. The van der Waals surface area contributed by atoms with Crippen molar-refractivity contribution in [1.82, 2.24) is 0 Å². The summed E-state index contributed by atoms with van der Waals surface area (Å²) in [5.74, 6) is 0. The first-order valence-electron chi connectivity index (χ1n) is 3.69. The molecule has 5 nitrogen and oxygen atoms in total. The van der Waals surface area contributed by atoms with Crippen LogP contribution in [0.15, 0.2) is 0 Å². The van der Waals surface area contributed by atoms with Crippen molar-refractivity contribution in [1.29, 1.82) is 0 Å². The topological polar surface area (TPSA) is 95.5 Å². The molecular formula is C6H12K3O5P. The fourth-order valence-corrected chi connectivity index (χ4v) is 1.12. The van der Waals surface area contributed by atoms with Gasteiger partial charge >= 0.3 is 154 Å². The number of hydrogen-bond acceptors (Lipinski definition) is 5. The van der Waals surface area contributed by atoms with Crippen molar-refractivity contribution in [3.8, 4) is 0 Å². The van der Waals surface area contributed by atoms with Crippen LogP contribution in [-0.2, 0) is 9.30 Å². The predicted molar refractivity (Wildman–Crippen MR) is 36.9 cm³/mol. The predicted octanol–water partition coefficient (Wildman–Crippen LogP) is -10.2. The SMILES string of the molecule is COC1CCCC1.O=P([O-])([O-])[O-].[K+].[K+].[K+]. The van der Waals surface area contributed by atoms with Crippen LogP contribution in [0.2, 0.25) is 0 Å². The second-order valence-corrected chi connectivity index (χ2v) is 3.48. The summed E-state index contributed by atoms with van der Waals surface area (Å²) in [6, 6.07) is 0. The summed E-state index contributed by atoms with van der Waals surface area (Å²) in [5.41, 5.74) is 0. The Hall–Kier alpha value is 4.98. The van der Waals surface area contributed by atoms with Crippen LogP contribution in [0, 0.1) is 0 Å². The molecule has 1 aliphatic carbocycles. The van der Waals surface area contributed by atoms with Gasteiger partial charge in [-0.3, -0.25) is 0 Å². The molecule has 74 valence electrons. The van der Waals surface area contributed by atoms with E-state index in [1.807, 2.05) is 0 Å². The molecule has 0 spiro atoms. The van der Waals surface area contributed by atoms with Crippen LogP contribution in [0.25, 0.3) is 0 Å². The summed E-state index contributed by atoms with van der Waals surface area (Å²) in [5, 5.41) is 0. The fraction of sp³-hybridized carbons (Fsp3) is 1.00. The van der Waals surface area contributed by atoms with Crippen molar-refractivity contribution in [2.24, 2.45) is 0 Å². The average Bonchev–Trinajstić information content (AvgIpc) is 2.33. The first kappa shape index (κ1) is 28.2. The normalized spacial score (nSPS) is 14.9. The molecular weight excluding hydrogens is 300 g/mol. The van der Waals surface area contributed by atoms with E-state index in [-0.39, 0.29) is 154 Å². The van der Waals surface area contributed by atoms with Gasteiger partial charge in [0.1, 0.15) is 0 Å². The van der Waals surface area contributed by atoms with E-state index in [1.54, 1.807) is 7.11 Å². The van der Waals surface area contributed by atoms with Gasteiger partial charge in [-0.25, -0.2) is 0 Å². The molecule has 1 fully saturated rings. The molecule has 0 amide bonds. The molecule has 1 saturated carbocycles. The molecule has 0 N–H and O–H groups in total. The van der Waals surface area contributed by atoms with Crippen molar-refractivity contribution >= 4 is 7.82 Å². The summed E-state index contributed by atoms with van der Waals surface area (Å²) >= 11 is 0. The van der Waals surface area contributed by atoms with Gasteiger partial charge in [-0.15, -0.1) is 0 Å². The number of hydrogen-bond donors (Lipinski definition) is 0. The minimum absolute atomic E-state index is 0. The molecule has 0 aliphatic heterocycles. The Kier molecular flexibility index (Phi) is 32.0.